The summed E-state index contributed by atoms with van der Waals surface area (Å²) in [5.74, 6) is -0.461. The molecule has 0 aromatic heterocycles. The van der Waals surface area contributed by atoms with E-state index in [0.29, 0.717) is 25.1 Å². The van der Waals surface area contributed by atoms with Gasteiger partial charge in [-0.2, -0.15) is 5.26 Å². The molecule has 1 aromatic rings. The number of urea groups is 1. The summed E-state index contributed by atoms with van der Waals surface area (Å²) in [7, 11) is 0. The molecule has 2 unspecified atom stereocenters. The van der Waals surface area contributed by atoms with E-state index in [1.165, 1.54) is 6.07 Å². The normalized spacial score (nSPS) is 17.9. The smallest absolute Gasteiger partial charge is 0.318 e. The highest BCUT2D eigenvalue weighted by molar-refractivity contribution is 5.87. The summed E-state index contributed by atoms with van der Waals surface area (Å²) >= 11 is 0. The van der Waals surface area contributed by atoms with Crippen LogP contribution in [0.1, 0.15) is 44.6 Å². The molecule has 1 aliphatic rings. The van der Waals surface area contributed by atoms with Crippen molar-refractivity contribution >= 4 is 11.9 Å². The van der Waals surface area contributed by atoms with Gasteiger partial charge in [-0.1, -0.05) is 32.0 Å². The minimum absolute atomic E-state index is 0.0540. The van der Waals surface area contributed by atoms with Crippen LogP contribution < -0.4 is 10.6 Å². The maximum atomic E-state index is 14.1. The van der Waals surface area contributed by atoms with Gasteiger partial charge in [-0.05, 0) is 36.8 Å². The molecular formula is C20H27FN4O2. The third kappa shape index (κ3) is 5.95. The second-order valence-corrected chi connectivity index (χ2v) is 7.31. The Morgan fingerprint density at radius 2 is 2.11 bits per heavy atom. The van der Waals surface area contributed by atoms with E-state index in [0.717, 1.165) is 12.8 Å². The molecule has 1 heterocycles. The summed E-state index contributed by atoms with van der Waals surface area (Å²) < 4.78 is 14.1. The lowest BCUT2D eigenvalue weighted by molar-refractivity contribution is -0.123. The molecule has 3 amide bonds. The number of hydrogen-bond acceptors (Lipinski definition) is 3. The van der Waals surface area contributed by atoms with Crippen molar-refractivity contribution in [1.29, 1.82) is 5.26 Å². The summed E-state index contributed by atoms with van der Waals surface area (Å²) in [6.45, 7) is 4.83. The van der Waals surface area contributed by atoms with Crippen LogP contribution in [0.2, 0.25) is 0 Å². The molecule has 2 atom stereocenters. The fraction of sp³-hybridized carbons (Fsp3) is 0.550. The second kappa shape index (κ2) is 9.91. The van der Waals surface area contributed by atoms with E-state index in [2.05, 4.69) is 10.6 Å². The van der Waals surface area contributed by atoms with Gasteiger partial charge in [0, 0.05) is 19.0 Å². The first kappa shape index (κ1) is 20.7. The van der Waals surface area contributed by atoms with Gasteiger partial charge in [0.15, 0.2) is 0 Å². The van der Waals surface area contributed by atoms with E-state index >= 15 is 0 Å². The summed E-state index contributed by atoms with van der Waals surface area (Å²) in [5, 5.41) is 13.9. The van der Waals surface area contributed by atoms with Gasteiger partial charge in [-0.3, -0.25) is 4.79 Å². The summed E-state index contributed by atoms with van der Waals surface area (Å²) in [6.07, 6.45) is 2.08. The van der Waals surface area contributed by atoms with Crippen molar-refractivity contribution < 1.29 is 14.0 Å². The third-order valence-electron chi connectivity index (χ3n) is 4.72. The number of benzene rings is 1. The minimum Gasteiger partial charge on any atom is -0.341 e. The zero-order valence-electron chi connectivity index (χ0n) is 15.9. The fourth-order valence-electron chi connectivity index (χ4n) is 3.41. The molecule has 6 nitrogen and oxygen atoms in total. The largest absolute Gasteiger partial charge is 0.341 e. The molecule has 27 heavy (non-hydrogen) atoms. The Bertz CT molecular complexity index is 701. The van der Waals surface area contributed by atoms with Crippen LogP contribution in [-0.2, 0) is 4.79 Å². The Balaban J connectivity index is 2.02. The number of nitrogens with zero attached hydrogens (tertiary/aromatic N) is 2. The van der Waals surface area contributed by atoms with E-state index < -0.39 is 6.04 Å². The number of carbonyl (C=O) groups is 2. The number of nitrogens with one attached hydrogen (secondary N) is 2. The molecule has 0 saturated carbocycles. The van der Waals surface area contributed by atoms with Crippen molar-refractivity contribution in [3.63, 3.8) is 0 Å². The lowest BCUT2D eigenvalue weighted by Crippen LogP contribution is -2.53. The number of piperidine rings is 1. The Labute approximate surface area is 159 Å². The van der Waals surface area contributed by atoms with E-state index in [1.807, 2.05) is 19.9 Å². The maximum absolute atomic E-state index is 14.1. The molecule has 1 saturated heterocycles. The topological polar surface area (TPSA) is 85.2 Å². The van der Waals surface area contributed by atoms with Crippen LogP contribution in [0.3, 0.4) is 0 Å². The van der Waals surface area contributed by atoms with Crippen molar-refractivity contribution in [2.75, 3.05) is 19.6 Å². The van der Waals surface area contributed by atoms with Crippen molar-refractivity contribution in [3.8, 4) is 6.07 Å². The van der Waals surface area contributed by atoms with Gasteiger partial charge in [-0.15, -0.1) is 0 Å². The van der Waals surface area contributed by atoms with Crippen molar-refractivity contribution in [3.05, 3.63) is 35.6 Å². The highest BCUT2D eigenvalue weighted by Crippen LogP contribution is 2.28. The van der Waals surface area contributed by atoms with Crippen LogP contribution in [0, 0.1) is 23.1 Å². The molecule has 7 heteroatoms. The lowest BCUT2D eigenvalue weighted by atomic mass is 9.90. The van der Waals surface area contributed by atoms with Gasteiger partial charge in [0.1, 0.15) is 18.4 Å². The van der Waals surface area contributed by atoms with E-state index in [-0.39, 0.29) is 36.1 Å². The van der Waals surface area contributed by atoms with Crippen LogP contribution in [0.4, 0.5) is 9.18 Å². The van der Waals surface area contributed by atoms with Crippen LogP contribution in [0.5, 0.6) is 0 Å². The maximum Gasteiger partial charge on any atom is 0.318 e. The molecule has 1 fully saturated rings. The van der Waals surface area contributed by atoms with Crippen LogP contribution in [-0.4, -0.2) is 42.5 Å². The number of nitriles is 1. The van der Waals surface area contributed by atoms with Gasteiger partial charge in [0.2, 0.25) is 5.91 Å². The molecule has 0 spiro atoms. The third-order valence-corrected chi connectivity index (χ3v) is 4.72. The van der Waals surface area contributed by atoms with Gasteiger partial charge < -0.3 is 15.5 Å². The first-order valence-corrected chi connectivity index (χ1v) is 9.37. The molecule has 0 bridgehead atoms. The van der Waals surface area contributed by atoms with Gasteiger partial charge >= 0.3 is 6.03 Å². The highest BCUT2D eigenvalue weighted by atomic mass is 19.1. The van der Waals surface area contributed by atoms with Crippen LogP contribution in [0.25, 0.3) is 0 Å². The van der Waals surface area contributed by atoms with Gasteiger partial charge in [-0.25, -0.2) is 9.18 Å². The second-order valence-electron chi connectivity index (χ2n) is 7.31. The number of likely N-dealkylation sites (tertiary alicyclic amines) is 1. The predicted octanol–water partition coefficient (Wildman–Crippen LogP) is 2.77. The summed E-state index contributed by atoms with van der Waals surface area (Å²) in [6, 6.07) is 7.50. The van der Waals surface area contributed by atoms with Crippen molar-refractivity contribution in [2.45, 2.75) is 45.1 Å². The lowest BCUT2D eigenvalue weighted by Gasteiger charge is -2.34. The highest BCUT2D eigenvalue weighted by Gasteiger charge is 2.29. The van der Waals surface area contributed by atoms with Gasteiger partial charge in [0.25, 0.3) is 0 Å². The number of carbonyl (C=O) groups excluding carboxylic acids is 2. The fourth-order valence-corrected chi connectivity index (χ4v) is 3.41. The molecule has 0 aliphatic carbocycles. The number of rotatable bonds is 6. The Kier molecular flexibility index (Phi) is 7.59. The zero-order chi connectivity index (χ0) is 19.8. The van der Waals surface area contributed by atoms with E-state index in [4.69, 9.17) is 5.26 Å². The van der Waals surface area contributed by atoms with Crippen molar-refractivity contribution in [1.82, 2.24) is 15.5 Å². The number of amides is 3. The Hall–Kier alpha value is -2.62. The molecule has 2 rings (SSSR count). The molecule has 1 aliphatic heterocycles. The monoisotopic (exact) mass is 374 g/mol. The number of hydrogen-bond donors (Lipinski definition) is 2. The molecular weight excluding hydrogens is 347 g/mol. The molecule has 0 radical (unpaired) electrons. The predicted molar refractivity (Wildman–Crippen MR) is 100 cm³/mol. The van der Waals surface area contributed by atoms with E-state index in [9.17, 15) is 14.0 Å². The van der Waals surface area contributed by atoms with E-state index in [1.54, 1.807) is 23.1 Å². The molecule has 1 aromatic carbocycles. The first-order valence-electron chi connectivity index (χ1n) is 9.37. The average Bonchev–Trinajstić information content (AvgIpc) is 2.65. The summed E-state index contributed by atoms with van der Waals surface area (Å²) in [5.41, 5.74) is 0.625. The summed E-state index contributed by atoms with van der Waals surface area (Å²) in [4.78, 5) is 26.6. The standard InChI is InChI=1S/C20H27FN4O2/c1-14(2)12-18(19(26)23-10-9-22)24-20(27)25-11-5-6-15(13-25)16-7-3-4-8-17(16)21/h3-4,7-8,14-15,18H,5-6,10-13H2,1-2H3,(H,23,26)(H,24,27). The SMILES string of the molecule is CC(C)CC(NC(=O)N1CCCC(c2ccccc2F)C1)C(=O)NCC#N. The quantitative estimate of drug-likeness (QED) is 0.751. The number of halogens is 1. The molecule has 2 N–H and O–H groups in total. The van der Waals surface area contributed by atoms with Crippen LogP contribution in [0.15, 0.2) is 24.3 Å². The van der Waals surface area contributed by atoms with Gasteiger partial charge in [0.05, 0.1) is 6.07 Å². The Morgan fingerprint density at radius 3 is 2.78 bits per heavy atom. The Morgan fingerprint density at radius 1 is 1.37 bits per heavy atom. The first-order chi connectivity index (χ1) is 12.9. The zero-order valence-corrected chi connectivity index (χ0v) is 15.9. The van der Waals surface area contributed by atoms with Crippen molar-refractivity contribution in [2.24, 2.45) is 5.92 Å². The van der Waals surface area contributed by atoms with Crippen LogP contribution >= 0.6 is 0 Å². The molecule has 146 valence electrons. The average molecular weight is 374 g/mol. The minimum atomic E-state index is -0.695.